The lowest BCUT2D eigenvalue weighted by Gasteiger charge is -2.11. The summed E-state index contributed by atoms with van der Waals surface area (Å²) in [4.78, 5) is 11.8. The van der Waals surface area contributed by atoms with Crippen molar-refractivity contribution in [3.05, 3.63) is 28.2 Å². The molecular formula is C12H15BrN2O3S. The van der Waals surface area contributed by atoms with E-state index in [-0.39, 0.29) is 11.7 Å². The van der Waals surface area contributed by atoms with Gasteiger partial charge in [-0.25, -0.2) is 8.42 Å². The van der Waals surface area contributed by atoms with Crippen molar-refractivity contribution in [2.75, 3.05) is 23.9 Å². The molecule has 0 spiro atoms. The molecule has 1 aromatic rings. The quantitative estimate of drug-likeness (QED) is 0.791. The molecular weight excluding hydrogens is 332 g/mol. The summed E-state index contributed by atoms with van der Waals surface area (Å²) < 4.78 is 23.0. The maximum atomic E-state index is 11.8. The molecule has 0 saturated carbocycles. The predicted octanol–water partition coefficient (Wildman–Crippen LogP) is 1.47. The Hall–Kier alpha value is -0.920. The molecule has 0 aromatic heterocycles. The lowest BCUT2D eigenvalue weighted by molar-refractivity contribution is -0.117. The fraction of sp³-hybridized carbons (Fsp3) is 0.417. The van der Waals surface area contributed by atoms with Gasteiger partial charge in [0.25, 0.3) is 0 Å². The van der Waals surface area contributed by atoms with Crippen molar-refractivity contribution in [2.24, 2.45) is 0 Å². The summed E-state index contributed by atoms with van der Waals surface area (Å²) in [5, 5.41) is 5.88. The second-order valence-electron chi connectivity index (χ2n) is 4.59. The Balaban J connectivity index is 1.98. The highest BCUT2D eigenvalue weighted by Gasteiger charge is 2.29. The summed E-state index contributed by atoms with van der Waals surface area (Å²) in [6.07, 6.45) is 1.70. The van der Waals surface area contributed by atoms with E-state index in [4.69, 9.17) is 0 Å². The maximum Gasteiger partial charge on any atom is 0.246 e. The van der Waals surface area contributed by atoms with Gasteiger partial charge in [0.15, 0.2) is 0 Å². The molecule has 1 aromatic carbocycles. The van der Waals surface area contributed by atoms with E-state index < -0.39 is 15.9 Å². The smallest absolute Gasteiger partial charge is 0.246 e. The van der Waals surface area contributed by atoms with E-state index in [1.54, 1.807) is 0 Å². The zero-order chi connectivity index (χ0) is 14.0. The highest BCUT2D eigenvalue weighted by molar-refractivity contribution is 9.10. The molecule has 104 valence electrons. The van der Waals surface area contributed by atoms with Crippen LogP contribution in [0.4, 0.5) is 5.69 Å². The Morgan fingerprint density at radius 2 is 2.16 bits per heavy atom. The van der Waals surface area contributed by atoms with E-state index in [2.05, 4.69) is 26.6 Å². The number of nitrogens with one attached hydrogen (secondary N) is 2. The van der Waals surface area contributed by atoms with Gasteiger partial charge in [-0.1, -0.05) is 15.9 Å². The molecule has 1 aliphatic rings. The molecule has 0 saturated heterocycles. The van der Waals surface area contributed by atoms with Crippen molar-refractivity contribution < 1.29 is 13.2 Å². The second kappa shape index (κ2) is 5.60. The SMILES string of the molecule is CS(=O)(=O)CCCNC1C(=O)Nc2ccc(Br)cc21. The zero-order valence-electron chi connectivity index (χ0n) is 10.4. The van der Waals surface area contributed by atoms with Crippen LogP contribution in [0, 0.1) is 0 Å². The number of benzene rings is 1. The second-order valence-corrected chi connectivity index (χ2v) is 7.77. The third-order valence-corrected chi connectivity index (χ3v) is 4.41. The number of hydrogen-bond donors (Lipinski definition) is 2. The summed E-state index contributed by atoms with van der Waals surface area (Å²) in [5.41, 5.74) is 1.69. The molecule has 1 atom stereocenters. The first-order valence-electron chi connectivity index (χ1n) is 5.88. The average molecular weight is 347 g/mol. The van der Waals surface area contributed by atoms with E-state index in [1.807, 2.05) is 18.2 Å². The van der Waals surface area contributed by atoms with Gasteiger partial charge in [0.05, 0.1) is 5.75 Å². The standard InChI is InChI=1S/C12H15BrN2O3S/c1-19(17,18)6-2-5-14-11-9-7-8(13)3-4-10(9)15-12(11)16/h3-4,7,11,14H,2,5-6H2,1H3,(H,15,16). The number of carbonyl (C=O) groups excluding carboxylic acids is 1. The minimum atomic E-state index is -2.95. The first kappa shape index (κ1) is 14.5. The van der Waals surface area contributed by atoms with Gasteiger partial charge in [0.1, 0.15) is 15.9 Å². The number of fused-ring (bicyclic) bond motifs is 1. The summed E-state index contributed by atoms with van der Waals surface area (Å²) in [7, 11) is -2.95. The van der Waals surface area contributed by atoms with Crippen LogP contribution in [0.25, 0.3) is 0 Å². The molecule has 7 heteroatoms. The van der Waals surface area contributed by atoms with E-state index in [1.165, 1.54) is 6.26 Å². The highest BCUT2D eigenvalue weighted by atomic mass is 79.9. The Kier molecular flexibility index (Phi) is 4.27. The minimum absolute atomic E-state index is 0.104. The Morgan fingerprint density at radius 1 is 1.42 bits per heavy atom. The number of carbonyl (C=O) groups is 1. The van der Waals surface area contributed by atoms with Crippen molar-refractivity contribution in [2.45, 2.75) is 12.5 Å². The number of sulfone groups is 1. The Morgan fingerprint density at radius 3 is 2.84 bits per heavy atom. The lowest BCUT2D eigenvalue weighted by atomic mass is 10.1. The number of rotatable bonds is 5. The van der Waals surface area contributed by atoms with Crippen molar-refractivity contribution in [1.29, 1.82) is 0 Å². The first-order chi connectivity index (χ1) is 8.87. The van der Waals surface area contributed by atoms with Crippen LogP contribution in [0.1, 0.15) is 18.0 Å². The predicted molar refractivity (Wildman–Crippen MR) is 77.8 cm³/mol. The molecule has 5 nitrogen and oxygen atoms in total. The van der Waals surface area contributed by atoms with Gasteiger partial charge in [0.2, 0.25) is 5.91 Å². The molecule has 1 unspecified atom stereocenters. The summed E-state index contributed by atoms with van der Waals surface area (Å²) in [6.45, 7) is 0.483. The van der Waals surface area contributed by atoms with Gasteiger partial charge in [-0.15, -0.1) is 0 Å². The molecule has 1 amide bonds. The van der Waals surface area contributed by atoms with Gasteiger partial charge in [-0.3, -0.25) is 4.79 Å². The lowest BCUT2D eigenvalue weighted by Crippen LogP contribution is -2.29. The van der Waals surface area contributed by atoms with Crippen LogP contribution in [0.2, 0.25) is 0 Å². The molecule has 1 heterocycles. The van der Waals surface area contributed by atoms with E-state index in [9.17, 15) is 13.2 Å². The molecule has 19 heavy (non-hydrogen) atoms. The average Bonchev–Trinajstić information content (AvgIpc) is 2.59. The van der Waals surface area contributed by atoms with E-state index in [0.29, 0.717) is 13.0 Å². The van der Waals surface area contributed by atoms with Gasteiger partial charge < -0.3 is 10.6 Å². The topological polar surface area (TPSA) is 75.3 Å². The third kappa shape index (κ3) is 3.77. The summed E-state index contributed by atoms with van der Waals surface area (Å²) in [6, 6.07) is 5.19. The molecule has 1 aliphatic heterocycles. The van der Waals surface area contributed by atoms with Crippen molar-refractivity contribution >= 4 is 37.4 Å². The number of halogens is 1. The third-order valence-electron chi connectivity index (χ3n) is 2.89. The molecule has 2 N–H and O–H groups in total. The van der Waals surface area contributed by atoms with E-state index >= 15 is 0 Å². The van der Waals surface area contributed by atoms with Crippen molar-refractivity contribution in [3.63, 3.8) is 0 Å². The van der Waals surface area contributed by atoms with Crippen LogP contribution < -0.4 is 10.6 Å². The summed E-state index contributed by atoms with van der Waals surface area (Å²) in [5.74, 6) is 0.0205. The van der Waals surface area contributed by atoms with E-state index in [0.717, 1.165) is 15.7 Å². The van der Waals surface area contributed by atoms with Crippen molar-refractivity contribution in [1.82, 2.24) is 5.32 Å². The largest absolute Gasteiger partial charge is 0.324 e. The van der Waals surface area contributed by atoms with Gasteiger partial charge >= 0.3 is 0 Å². The Labute approximate surface area is 120 Å². The van der Waals surface area contributed by atoms with Gasteiger partial charge in [-0.05, 0) is 31.2 Å². The summed E-state index contributed by atoms with van der Waals surface area (Å²) >= 11 is 3.37. The fourth-order valence-electron chi connectivity index (χ4n) is 2.02. The normalized spacial score (nSPS) is 18.2. The van der Waals surface area contributed by atoms with Crippen LogP contribution in [0.5, 0.6) is 0 Å². The molecule has 0 fully saturated rings. The molecule has 0 bridgehead atoms. The molecule has 0 aliphatic carbocycles. The molecule has 2 rings (SSSR count). The fourth-order valence-corrected chi connectivity index (χ4v) is 3.06. The Bertz CT molecular complexity index is 601. The monoisotopic (exact) mass is 346 g/mol. The highest BCUT2D eigenvalue weighted by Crippen LogP contribution is 2.32. The number of hydrogen-bond acceptors (Lipinski definition) is 4. The van der Waals surface area contributed by atoms with Gasteiger partial charge in [-0.2, -0.15) is 0 Å². The van der Waals surface area contributed by atoms with Crippen LogP contribution in [0.15, 0.2) is 22.7 Å². The van der Waals surface area contributed by atoms with Crippen LogP contribution >= 0.6 is 15.9 Å². The minimum Gasteiger partial charge on any atom is -0.324 e. The van der Waals surface area contributed by atoms with Crippen molar-refractivity contribution in [3.8, 4) is 0 Å². The van der Waals surface area contributed by atoms with Crippen LogP contribution in [-0.4, -0.2) is 32.9 Å². The molecule has 0 radical (unpaired) electrons. The van der Waals surface area contributed by atoms with Gasteiger partial charge in [0, 0.05) is 22.0 Å². The van der Waals surface area contributed by atoms with Crippen LogP contribution in [-0.2, 0) is 14.6 Å². The number of anilines is 1. The maximum absolute atomic E-state index is 11.8. The zero-order valence-corrected chi connectivity index (χ0v) is 12.8. The number of amides is 1. The first-order valence-corrected chi connectivity index (χ1v) is 8.73. The van der Waals surface area contributed by atoms with Crippen LogP contribution in [0.3, 0.4) is 0 Å².